The highest BCUT2D eigenvalue weighted by Gasteiger charge is 2.24. The van der Waals surface area contributed by atoms with Gasteiger partial charge in [0.25, 0.3) is 0 Å². The van der Waals surface area contributed by atoms with E-state index >= 15 is 0 Å². The highest BCUT2D eigenvalue weighted by molar-refractivity contribution is 5.86. The van der Waals surface area contributed by atoms with Crippen LogP contribution in [0.15, 0.2) is 0 Å². The molecule has 5 N–H and O–H groups in total. The molecule has 0 aliphatic heterocycles. The number of aliphatic carboxylic acids is 3. The molecule has 9 heteroatoms. The number of nitrogens with one attached hydrogen (secondary N) is 2. The molecular weight excluding hydrogens is 320 g/mol. The normalized spacial score (nSPS) is 12.1. The van der Waals surface area contributed by atoms with Crippen LogP contribution in [0.25, 0.3) is 0 Å². The molecular formula is C15H28N2O7. The van der Waals surface area contributed by atoms with Crippen LogP contribution in [0.1, 0.15) is 59.3 Å². The van der Waals surface area contributed by atoms with Crippen LogP contribution < -0.4 is 10.6 Å². The average Bonchev–Trinajstić information content (AvgIpc) is 2.51. The van der Waals surface area contributed by atoms with Crippen molar-refractivity contribution in [1.29, 1.82) is 0 Å². The third kappa shape index (κ3) is 12.2. The smallest absolute Gasteiger partial charge is 0.326 e. The number of carboxylic acid groups (broad SMARTS) is 3. The molecule has 2 atom stereocenters. The molecule has 0 bridgehead atoms. The highest BCUT2D eigenvalue weighted by Crippen LogP contribution is 2.04. The summed E-state index contributed by atoms with van der Waals surface area (Å²) >= 11 is 0. The lowest BCUT2D eigenvalue weighted by Crippen LogP contribution is -2.51. The van der Waals surface area contributed by atoms with Gasteiger partial charge in [-0.3, -0.25) is 4.79 Å². The van der Waals surface area contributed by atoms with E-state index in [-0.39, 0.29) is 12.8 Å². The molecule has 0 rings (SSSR count). The fourth-order valence-corrected chi connectivity index (χ4v) is 1.74. The van der Waals surface area contributed by atoms with Crippen LogP contribution in [0.2, 0.25) is 0 Å². The number of amides is 2. The molecule has 0 aliphatic rings. The predicted molar refractivity (Wildman–Crippen MR) is 86.9 cm³/mol. The number of carboxylic acids is 3. The van der Waals surface area contributed by atoms with Gasteiger partial charge in [-0.25, -0.2) is 14.4 Å². The van der Waals surface area contributed by atoms with Crippen molar-refractivity contribution in [2.24, 2.45) is 0 Å². The van der Waals surface area contributed by atoms with Crippen LogP contribution in [0.4, 0.5) is 4.79 Å². The van der Waals surface area contributed by atoms with E-state index in [0.717, 1.165) is 12.8 Å². The van der Waals surface area contributed by atoms with Crippen molar-refractivity contribution in [1.82, 2.24) is 10.6 Å². The number of urea groups is 1. The Bertz CT molecular complexity index is 413. The first-order valence-corrected chi connectivity index (χ1v) is 8.02. The quantitative estimate of drug-likeness (QED) is 0.356. The number of rotatable bonds is 11. The Labute approximate surface area is 141 Å². The van der Waals surface area contributed by atoms with Crippen molar-refractivity contribution < 1.29 is 34.5 Å². The van der Waals surface area contributed by atoms with Gasteiger partial charge in [0, 0.05) is 6.42 Å². The van der Waals surface area contributed by atoms with E-state index in [2.05, 4.69) is 10.6 Å². The van der Waals surface area contributed by atoms with E-state index < -0.39 is 42.4 Å². The summed E-state index contributed by atoms with van der Waals surface area (Å²) in [5, 5.41) is 30.7. The first kappa shape index (κ1) is 23.9. The number of unbranched alkanes of at least 4 members (excludes halogenated alkanes) is 2. The Morgan fingerprint density at radius 3 is 1.67 bits per heavy atom. The number of carbonyl (C=O) groups excluding carboxylic acids is 1. The first-order valence-electron chi connectivity index (χ1n) is 8.02. The van der Waals surface area contributed by atoms with Crippen LogP contribution in [-0.4, -0.2) is 51.3 Å². The molecule has 9 nitrogen and oxygen atoms in total. The van der Waals surface area contributed by atoms with E-state index in [4.69, 9.17) is 15.3 Å². The molecule has 2 unspecified atom stereocenters. The van der Waals surface area contributed by atoms with E-state index in [1.165, 1.54) is 0 Å². The maximum Gasteiger partial charge on any atom is 0.326 e. The number of hydrogen-bond donors (Lipinski definition) is 5. The van der Waals surface area contributed by atoms with Gasteiger partial charge in [0.05, 0.1) is 0 Å². The van der Waals surface area contributed by atoms with Gasteiger partial charge in [0.15, 0.2) is 0 Å². The van der Waals surface area contributed by atoms with Gasteiger partial charge in [0.1, 0.15) is 12.1 Å². The summed E-state index contributed by atoms with van der Waals surface area (Å²) in [7, 11) is 0. The fourth-order valence-electron chi connectivity index (χ4n) is 1.74. The molecule has 0 saturated heterocycles. The summed E-state index contributed by atoms with van der Waals surface area (Å²) in [4.78, 5) is 44.0. The second kappa shape index (κ2) is 14.3. The Morgan fingerprint density at radius 2 is 1.29 bits per heavy atom. The van der Waals surface area contributed by atoms with Crippen molar-refractivity contribution in [3.05, 3.63) is 0 Å². The fraction of sp³-hybridized carbons (Fsp3) is 0.733. The zero-order valence-corrected chi connectivity index (χ0v) is 14.4. The minimum Gasteiger partial charge on any atom is -0.481 e. The Kier molecular flexibility index (Phi) is 14.2. The Morgan fingerprint density at radius 1 is 0.833 bits per heavy atom. The van der Waals surface area contributed by atoms with Crippen molar-refractivity contribution >= 4 is 23.9 Å². The second-order valence-corrected chi connectivity index (χ2v) is 4.83. The van der Waals surface area contributed by atoms with Crippen LogP contribution in [0.3, 0.4) is 0 Å². The number of carbonyl (C=O) groups is 4. The largest absolute Gasteiger partial charge is 0.481 e. The van der Waals surface area contributed by atoms with E-state index in [1.54, 1.807) is 0 Å². The molecule has 0 aromatic carbocycles. The summed E-state index contributed by atoms with van der Waals surface area (Å²) in [5.41, 5.74) is 0. The van der Waals surface area contributed by atoms with Gasteiger partial charge < -0.3 is 26.0 Å². The average molecular weight is 348 g/mol. The van der Waals surface area contributed by atoms with Gasteiger partial charge in [-0.15, -0.1) is 0 Å². The van der Waals surface area contributed by atoms with Crippen LogP contribution in [0.5, 0.6) is 0 Å². The third-order valence-electron chi connectivity index (χ3n) is 2.95. The first-order chi connectivity index (χ1) is 11.3. The van der Waals surface area contributed by atoms with Gasteiger partial charge in [-0.05, 0) is 12.8 Å². The zero-order valence-electron chi connectivity index (χ0n) is 14.4. The monoisotopic (exact) mass is 348 g/mol. The molecule has 0 aromatic heterocycles. The van der Waals surface area contributed by atoms with Gasteiger partial charge in [0.2, 0.25) is 0 Å². The maximum atomic E-state index is 11.7. The molecule has 140 valence electrons. The summed E-state index contributed by atoms with van der Waals surface area (Å²) in [6.07, 6.45) is 1.87. The van der Waals surface area contributed by atoms with Crippen LogP contribution in [-0.2, 0) is 14.4 Å². The minimum absolute atomic E-state index is 0.240. The minimum atomic E-state index is -1.39. The standard InChI is InChI=1S/C13H22N2O7.C2H6/c1-2-3-4-5-8(11(18)19)14-13(22)15-9(12(20)21)6-7-10(16)17;1-2/h8-9H,2-7H2,1H3,(H,16,17)(H,18,19)(H,20,21)(H2,14,15,22);1-2H3. The predicted octanol–water partition coefficient (Wildman–Crippen LogP) is 1.66. The zero-order chi connectivity index (χ0) is 19.1. The molecule has 0 heterocycles. The number of hydrogen-bond acceptors (Lipinski definition) is 4. The topological polar surface area (TPSA) is 153 Å². The molecule has 24 heavy (non-hydrogen) atoms. The van der Waals surface area contributed by atoms with E-state index in [9.17, 15) is 19.2 Å². The molecule has 2 amide bonds. The van der Waals surface area contributed by atoms with Crippen LogP contribution >= 0.6 is 0 Å². The maximum absolute atomic E-state index is 11.7. The van der Waals surface area contributed by atoms with Gasteiger partial charge in [-0.1, -0.05) is 40.0 Å². The van der Waals surface area contributed by atoms with Crippen molar-refractivity contribution in [2.75, 3.05) is 0 Å². The molecule has 0 fully saturated rings. The SMILES string of the molecule is CC.CCCCCC(NC(=O)NC(CCC(=O)O)C(=O)O)C(=O)O. The summed E-state index contributed by atoms with van der Waals surface area (Å²) in [6, 6.07) is -3.44. The van der Waals surface area contributed by atoms with Crippen LogP contribution in [0, 0.1) is 0 Å². The third-order valence-corrected chi connectivity index (χ3v) is 2.95. The molecule has 0 saturated carbocycles. The van der Waals surface area contributed by atoms with Gasteiger partial charge >= 0.3 is 23.9 Å². The van der Waals surface area contributed by atoms with Crippen molar-refractivity contribution in [3.8, 4) is 0 Å². The highest BCUT2D eigenvalue weighted by atomic mass is 16.4. The summed E-state index contributed by atoms with van der Waals surface area (Å²) in [5.74, 6) is -3.77. The Balaban J connectivity index is 0. The summed E-state index contributed by atoms with van der Waals surface area (Å²) in [6.45, 7) is 5.95. The van der Waals surface area contributed by atoms with E-state index in [0.29, 0.717) is 6.42 Å². The lowest BCUT2D eigenvalue weighted by atomic mass is 10.1. The second-order valence-electron chi connectivity index (χ2n) is 4.83. The van der Waals surface area contributed by atoms with Crippen molar-refractivity contribution in [2.45, 2.75) is 71.4 Å². The lowest BCUT2D eigenvalue weighted by molar-refractivity contribution is -0.140. The molecule has 0 radical (unpaired) electrons. The molecule has 0 aliphatic carbocycles. The van der Waals surface area contributed by atoms with Crippen molar-refractivity contribution in [3.63, 3.8) is 0 Å². The molecule has 0 aromatic rings. The summed E-state index contributed by atoms with van der Waals surface area (Å²) < 4.78 is 0. The van der Waals surface area contributed by atoms with E-state index in [1.807, 2.05) is 20.8 Å². The lowest BCUT2D eigenvalue weighted by Gasteiger charge is -2.18. The molecule has 0 spiro atoms. The Hall–Kier alpha value is -2.32. The van der Waals surface area contributed by atoms with Gasteiger partial charge in [-0.2, -0.15) is 0 Å².